The first kappa shape index (κ1) is 21.1. The smallest absolute Gasteiger partial charge is 0.330 e. The lowest BCUT2D eigenvalue weighted by atomic mass is 9.80. The van der Waals surface area contributed by atoms with Crippen molar-refractivity contribution < 1.29 is 4.79 Å². The maximum Gasteiger partial charge on any atom is 0.330 e. The van der Waals surface area contributed by atoms with Crippen molar-refractivity contribution >= 4 is 5.71 Å². The SMILES string of the molecule is Cc1cc(C(C)(C)C)cc(C)c1C(=[N+]=[N-])c1c(C)cc(C(C)(C)C)cc1C. The van der Waals surface area contributed by atoms with Crippen molar-refractivity contribution in [2.75, 3.05) is 0 Å². The molecule has 2 rings (SSSR count). The number of hydrogen-bond acceptors (Lipinski definition) is 0. The topological polar surface area (TPSA) is 36.4 Å². The summed E-state index contributed by atoms with van der Waals surface area (Å²) < 4.78 is 0. The zero-order valence-corrected chi connectivity index (χ0v) is 18.7. The van der Waals surface area contributed by atoms with Crippen LogP contribution in [0.2, 0.25) is 0 Å². The van der Waals surface area contributed by atoms with E-state index < -0.39 is 0 Å². The van der Waals surface area contributed by atoms with Crippen LogP contribution in [-0.2, 0) is 10.8 Å². The van der Waals surface area contributed by atoms with E-state index >= 15 is 0 Å². The minimum atomic E-state index is 0.0881. The van der Waals surface area contributed by atoms with Crippen LogP contribution in [0.3, 0.4) is 0 Å². The van der Waals surface area contributed by atoms with Gasteiger partial charge >= 0.3 is 5.71 Å². The quantitative estimate of drug-likeness (QED) is 0.328. The Labute approximate surface area is 165 Å². The normalized spacial score (nSPS) is 12.1. The number of benzene rings is 2. The highest BCUT2D eigenvalue weighted by Crippen LogP contribution is 2.31. The van der Waals surface area contributed by atoms with Crippen LogP contribution in [-0.4, -0.2) is 10.5 Å². The van der Waals surface area contributed by atoms with E-state index in [1.807, 2.05) is 0 Å². The second kappa shape index (κ2) is 7.09. The van der Waals surface area contributed by atoms with E-state index in [-0.39, 0.29) is 10.8 Å². The molecule has 0 atom stereocenters. The predicted octanol–water partition coefficient (Wildman–Crippen LogP) is 6.58. The van der Waals surface area contributed by atoms with Crippen LogP contribution in [0.4, 0.5) is 0 Å². The van der Waals surface area contributed by atoms with Crippen LogP contribution in [0, 0.1) is 27.7 Å². The molecule has 0 aliphatic heterocycles. The lowest BCUT2D eigenvalue weighted by Crippen LogP contribution is -2.18. The van der Waals surface area contributed by atoms with Crippen LogP contribution in [0.1, 0.15) is 86.1 Å². The first-order chi connectivity index (χ1) is 12.3. The molecule has 0 heterocycles. The molecule has 0 saturated heterocycles. The zero-order valence-electron chi connectivity index (χ0n) is 18.7. The van der Waals surface area contributed by atoms with Gasteiger partial charge in [0.1, 0.15) is 0 Å². The number of rotatable bonds is 2. The summed E-state index contributed by atoms with van der Waals surface area (Å²) in [6, 6.07) is 8.90. The van der Waals surface area contributed by atoms with Gasteiger partial charge in [0.05, 0.1) is 11.1 Å². The first-order valence-electron chi connectivity index (χ1n) is 9.73. The van der Waals surface area contributed by atoms with Gasteiger partial charge in [-0.25, -0.2) is 0 Å². The molecule has 0 N–H and O–H groups in total. The molecule has 0 spiro atoms. The summed E-state index contributed by atoms with van der Waals surface area (Å²) in [5, 5.41) is 0. The monoisotopic (exact) mass is 362 g/mol. The van der Waals surface area contributed by atoms with Crippen molar-refractivity contribution in [3.8, 4) is 0 Å². The van der Waals surface area contributed by atoms with Crippen LogP contribution in [0.5, 0.6) is 0 Å². The molecule has 0 fully saturated rings. The third-order valence-electron chi connectivity index (χ3n) is 5.37. The lowest BCUT2D eigenvalue weighted by molar-refractivity contribution is -0.00295. The van der Waals surface area contributed by atoms with Gasteiger partial charge in [-0.2, -0.15) is 4.79 Å². The first-order valence-corrected chi connectivity index (χ1v) is 9.73. The van der Waals surface area contributed by atoms with Crippen LogP contribution < -0.4 is 0 Å². The number of nitrogens with zero attached hydrogens (tertiary/aromatic N) is 2. The van der Waals surface area contributed by atoms with Crippen LogP contribution in [0.15, 0.2) is 24.3 Å². The number of hydrogen-bond donors (Lipinski definition) is 0. The van der Waals surface area contributed by atoms with Gasteiger partial charge in [0.2, 0.25) is 0 Å². The molecular weight excluding hydrogens is 328 g/mol. The second-order valence-electron chi connectivity index (χ2n) is 9.92. The van der Waals surface area contributed by atoms with Gasteiger partial charge in [-0.15, -0.1) is 0 Å². The van der Waals surface area contributed by atoms with Gasteiger partial charge in [-0.05, 0) is 71.9 Å². The highest BCUT2D eigenvalue weighted by molar-refractivity contribution is 6.12. The fourth-order valence-electron chi connectivity index (χ4n) is 3.77. The largest absolute Gasteiger partial charge is 0.361 e. The second-order valence-corrected chi connectivity index (χ2v) is 9.92. The van der Waals surface area contributed by atoms with Gasteiger partial charge in [-0.3, -0.25) is 0 Å². The Morgan fingerprint density at radius 2 is 0.889 bits per heavy atom. The van der Waals surface area contributed by atoms with Crippen molar-refractivity contribution in [1.29, 1.82) is 0 Å². The van der Waals surface area contributed by atoms with Crippen molar-refractivity contribution in [2.24, 2.45) is 0 Å². The van der Waals surface area contributed by atoms with E-state index in [1.54, 1.807) is 0 Å². The summed E-state index contributed by atoms with van der Waals surface area (Å²) in [6.45, 7) is 21.8. The molecule has 2 aromatic carbocycles. The van der Waals surface area contributed by atoms with Gasteiger partial charge < -0.3 is 5.53 Å². The van der Waals surface area contributed by atoms with E-state index in [0.717, 1.165) is 33.4 Å². The molecule has 0 aromatic heterocycles. The number of aryl methyl sites for hydroxylation is 4. The molecule has 27 heavy (non-hydrogen) atoms. The highest BCUT2D eigenvalue weighted by atomic mass is 14.9. The van der Waals surface area contributed by atoms with Crippen molar-refractivity contribution in [3.05, 3.63) is 74.3 Å². The van der Waals surface area contributed by atoms with Crippen molar-refractivity contribution in [2.45, 2.75) is 80.1 Å². The van der Waals surface area contributed by atoms with E-state index in [4.69, 9.17) is 0 Å². The summed E-state index contributed by atoms with van der Waals surface area (Å²) in [5.74, 6) is 0. The van der Waals surface area contributed by atoms with E-state index in [1.165, 1.54) is 11.1 Å². The minimum absolute atomic E-state index is 0.0881. The molecule has 0 aliphatic rings. The average Bonchev–Trinajstić information content (AvgIpc) is 2.49. The fourth-order valence-corrected chi connectivity index (χ4v) is 3.77. The standard InChI is InChI=1S/C25H34N2/c1-15-11-19(24(5,6)7)12-16(2)21(15)23(27-26)22-17(3)13-20(14-18(22)4)25(8,9)10/h11-14H,1-10H3. The van der Waals surface area contributed by atoms with E-state index in [2.05, 4.69) is 98.3 Å². The summed E-state index contributed by atoms with van der Waals surface area (Å²) in [5.41, 5.74) is 20.1. The molecule has 2 aromatic rings. The molecule has 0 aliphatic carbocycles. The summed E-state index contributed by atoms with van der Waals surface area (Å²) in [6.07, 6.45) is 0. The average molecular weight is 363 g/mol. The van der Waals surface area contributed by atoms with Crippen molar-refractivity contribution in [3.63, 3.8) is 0 Å². The molecule has 0 bridgehead atoms. The van der Waals surface area contributed by atoms with Gasteiger partial charge in [0.25, 0.3) is 0 Å². The van der Waals surface area contributed by atoms with Gasteiger partial charge in [0, 0.05) is 0 Å². The maximum atomic E-state index is 9.98. The Kier molecular flexibility index (Phi) is 5.55. The van der Waals surface area contributed by atoms with E-state index in [9.17, 15) is 5.53 Å². The third-order valence-corrected chi connectivity index (χ3v) is 5.37. The zero-order chi connectivity index (χ0) is 20.7. The van der Waals surface area contributed by atoms with E-state index in [0.29, 0.717) is 5.71 Å². The molecule has 144 valence electrons. The third kappa shape index (κ3) is 4.22. The summed E-state index contributed by atoms with van der Waals surface area (Å²) in [7, 11) is 0. The Balaban J connectivity index is 2.72. The molecule has 0 saturated carbocycles. The highest BCUT2D eigenvalue weighted by Gasteiger charge is 2.27. The Bertz CT molecular complexity index is 810. The van der Waals surface area contributed by atoms with Crippen molar-refractivity contribution in [1.82, 2.24) is 0 Å². The van der Waals surface area contributed by atoms with Crippen LogP contribution >= 0.6 is 0 Å². The summed E-state index contributed by atoms with van der Waals surface area (Å²) >= 11 is 0. The molecule has 2 nitrogen and oxygen atoms in total. The van der Waals surface area contributed by atoms with Crippen LogP contribution in [0.25, 0.3) is 5.53 Å². The summed E-state index contributed by atoms with van der Waals surface area (Å²) in [4.78, 5) is 3.77. The molecular formula is C25H34N2. The Morgan fingerprint density at radius 3 is 1.07 bits per heavy atom. The lowest BCUT2D eigenvalue weighted by Gasteiger charge is -2.23. The molecule has 0 radical (unpaired) electrons. The Morgan fingerprint density at radius 1 is 0.630 bits per heavy atom. The molecule has 0 unspecified atom stereocenters. The molecule has 0 amide bonds. The predicted molar refractivity (Wildman–Crippen MR) is 116 cm³/mol. The fraction of sp³-hybridized carbons (Fsp3) is 0.480. The molecule has 2 heteroatoms. The minimum Gasteiger partial charge on any atom is -0.361 e. The van der Waals surface area contributed by atoms with Gasteiger partial charge in [0.15, 0.2) is 0 Å². The Hall–Kier alpha value is -2.18. The van der Waals surface area contributed by atoms with Gasteiger partial charge in [-0.1, -0.05) is 65.8 Å². The maximum absolute atomic E-state index is 9.98.